The average Bonchev–Trinajstić information content (AvgIpc) is 3.08. The Hall–Kier alpha value is -0.520. The highest BCUT2D eigenvalue weighted by Gasteiger charge is 2.29. The molecule has 0 aliphatic heterocycles. The lowest BCUT2D eigenvalue weighted by Gasteiger charge is -2.11. The van der Waals surface area contributed by atoms with Crippen molar-refractivity contribution in [2.75, 3.05) is 18.1 Å². The van der Waals surface area contributed by atoms with E-state index in [1.54, 1.807) is 6.07 Å². The molecule has 0 amide bonds. The molecule has 16 heavy (non-hydrogen) atoms. The fourth-order valence-corrected chi connectivity index (χ4v) is 2.05. The normalized spacial score (nSPS) is 17.2. The third kappa shape index (κ3) is 3.23. The molecule has 0 spiro atoms. The number of aliphatic hydroxyl groups is 1. The molecule has 4 nitrogen and oxygen atoms in total. The van der Waals surface area contributed by atoms with Crippen LogP contribution in [0.4, 0.5) is 5.82 Å². The Morgan fingerprint density at radius 3 is 3.00 bits per heavy atom. The van der Waals surface area contributed by atoms with Crippen LogP contribution in [0.3, 0.4) is 0 Å². The van der Waals surface area contributed by atoms with Gasteiger partial charge in [-0.05, 0) is 25.0 Å². The first-order chi connectivity index (χ1) is 7.69. The molecular weight excluding hydrogens is 246 g/mol. The second-order valence-electron chi connectivity index (χ2n) is 3.85. The molecule has 1 heterocycles. The summed E-state index contributed by atoms with van der Waals surface area (Å²) in [5.74, 6) is 1.13. The highest BCUT2D eigenvalue weighted by atomic mass is 35.5. The van der Waals surface area contributed by atoms with Crippen LogP contribution < -0.4 is 5.32 Å². The molecule has 6 heteroatoms. The smallest absolute Gasteiger partial charge is 0.190 e. The highest BCUT2D eigenvalue weighted by Crippen LogP contribution is 2.32. The van der Waals surface area contributed by atoms with Gasteiger partial charge in [-0.2, -0.15) is 0 Å². The van der Waals surface area contributed by atoms with Crippen LogP contribution in [0.15, 0.2) is 11.2 Å². The molecule has 1 saturated carbocycles. The van der Waals surface area contributed by atoms with Crippen LogP contribution in [0, 0.1) is 5.92 Å². The van der Waals surface area contributed by atoms with Crippen LogP contribution in [0.1, 0.15) is 12.8 Å². The zero-order chi connectivity index (χ0) is 11.5. The number of anilines is 1. The van der Waals surface area contributed by atoms with Gasteiger partial charge in [0.2, 0.25) is 0 Å². The molecule has 1 atom stereocenters. The molecule has 0 bridgehead atoms. The van der Waals surface area contributed by atoms with Crippen LogP contribution in [-0.2, 0) is 0 Å². The Balaban J connectivity index is 1.94. The van der Waals surface area contributed by atoms with Crippen molar-refractivity contribution in [3.8, 4) is 0 Å². The minimum Gasteiger partial charge on any atom is -0.391 e. The van der Waals surface area contributed by atoms with Gasteiger partial charge in [0.05, 0.1) is 6.10 Å². The van der Waals surface area contributed by atoms with E-state index in [-0.39, 0.29) is 6.10 Å². The Morgan fingerprint density at radius 1 is 1.62 bits per heavy atom. The van der Waals surface area contributed by atoms with E-state index >= 15 is 0 Å². The van der Waals surface area contributed by atoms with Gasteiger partial charge in [0.25, 0.3) is 0 Å². The molecule has 0 aromatic carbocycles. The molecule has 0 radical (unpaired) electrons. The summed E-state index contributed by atoms with van der Waals surface area (Å²) in [6.07, 6.45) is 3.87. The molecule has 1 unspecified atom stereocenters. The van der Waals surface area contributed by atoms with Crippen molar-refractivity contribution in [3.63, 3.8) is 0 Å². The summed E-state index contributed by atoms with van der Waals surface area (Å²) in [5.41, 5.74) is 0. The lowest BCUT2D eigenvalue weighted by Crippen LogP contribution is -2.21. The van der Waals surface area contributed by atoms with E-state index in [9.17, 15) is 5.11 Å². The number of aromatic nitrogens is 2. The van der Waals surface area contributed by atoms with Gasteiger partial charge in [0.1, 0.15) is 11.0 Å². The van der Waals surface area contributed by atoms with Crippen molar-refractivity contribution in [1.82, 2.24) is 9.97 Å². The van der Waals surface area contributed by atoms with Gasteiger partial charge in [-0.25, -0.2) is 9.97 Å². The minimum absolute atomic E-state index is 0.286. The predicted octanol–water partition coefficient (Wildman–Crippen LogP) is 2.03. The zero-order valence-electron chi connectivity index (χ0n) is 8.98. The van der Waals surface area contributed by atoms with Crippen LogP contribution >= 0.6 is 23.4 Å². The second kappa shape index (κ2) is 5.21. The molecule has 2 N–H and O–H groups in total. The standard InChI is InChI=1S/C10H14ClN3OS/c1-16-10-13-8(11)4-9(14-10)12-5-7(15)6-2-3-6/h4,6-7,15H,2-3,5H2,1H3,(H,12,13,14). The molecule has 1 fully saturated rings. The minimum atomic E-state index is -0.286. The first-order valence-corrected chi connectivity index (χ1v) is 6.80. The van der Waals surface area contributed by atoms with E-state index in [4.69, 9.17) is 11.6 Å². The Kier molecular flexibility index (Phi) is 3.89. The van der Waals surface area contributed by atoms with E-state index in [1.807, 2.05) is 6.26 Å². The van der Waals surface area contributed by atoms with Crippen LogP contribution in [0.25, 0.3) is 0 Å². The molecule has 1 aliphatic rings. The van der Waals surface area contributed by atoms with E-state index in [0.717, 1.165) is 12.8 Å². The van der Waals surface area contributed by atoms with Crippen molar-refractivity contribution in [1.29, 1.82) is 0 Å². The number of nitrogens with zero attached hydrogens (tertiary/aromatic N) is 2. The Labute approximate surface area is 104 Å². The lowest BCUT2D eigenvalue weighted by molar-refractivity contribution is 0.164. The summed E-state index contributed by atoms with van der Waals surface area (Å²) < 4.78 is 0. The van der Waals surface area contributed by atoms with Crippen molar-refractivity contribution in [3.05, 3.63) is 11.2 Å². The predicted molar refractivity (Wildman–Crippen MR) is 66.0 cm³/mol. The summed E-state index contributed by atoms with van der Waals surface area (Å²) in [6.45, 7) is 0.520. The summed E-state index contributed by atoms with van der Waals surface area (Å²) in [4.78, 5) is 8.29. The van der Waals surface area contributed by atoms with E-state index < -0.39 is 0 Å². The van der Waals surface area contributed by atoms with Crippen LogP contribution in [-0.4, -0.2) is 34.0 Å². The molecule has 1 aromatic rings. The van der Waals surface area contributed by atoms with Crippen molar-refractivity contribution < 1.29 is 5.11 Å². The number of aliphatic hydroxyl groups excluding tert-OH is 1. The van der Waals surface area contributed by atoms with Gasteiger partial charge < -0.3 is 10.4 Å². The van der Waals surface area contributed by atoms with Crippen molar-refractivity contribution >= 4 is 29.2 Å². The number of thioether (sulfide) groups is 1. The van der Waals surface area contributed by atoms with Gasteiger partial charge in [-0.3, -0.25) is 0 Å². The summed E-state index contributed by atoms with van der Waals surface area (Å²) in [7, 11) is 0. The number of hydrogen-bond acceptors (Lipinski definition) is 5. The first-order valence-electron chi connectivity index (χ1n) is 5.19. The maximum Gasteiger partial charge on any atom is 0.190 e. The molecule has 2 rings (SSSR count). The van der Waals surface area contributed by atoms with Crippen LogP contribution in [0.2, 0.25) is 5.15 Å². The second-order valence-corrected chi connectivity index (χ2v) is 5.01. The van der Waals surface area contributed by atoms with E-state index in [2.05, 4.69) is 15.3 Å². The zero-order valence-corrected chi connectivity index (χ0v) is 10.6. The summed E-state index contributed by atoms with van der Waals surface area (Å²) in [5, 5.41) is 13.8. The topological polar surface area (TPSA) is 58.0 Å². The first kappa shape index (κ1) is 12.0. The SMILES string of the molecule is CSc1nc(Cl)cc(NCC(O)C2CC2)n1. The maximum atomic E-state index is 9.70. The van der Waals surface area contributed by atoms with Crippen molar-refractivity contribution in [2.24, 2.45) is 5.92 Å². The van der Waals surface area contributed by atoms with E-state index in [0.29, 0.717) is 28.6 Å². The summed E-state index contributed by atoms with van der Waals surface area (Å²) in [6, 6.07) is 1.67. The molecule has 0 saturated heterocycles. The molecular formula is C10H14ClN3OS. The number of nitrogens with one attached hydrogen (secondary N) is 1. The van der Waals surface area contributed by atoms with Gasteiger partial charge in [-0.1, -0.05) is 23.4 Å². The van der Waals surface area contributed by atoms with E-state index in [1.165, 1.54) is 11.8 Å². The molecule has 88 valence electrons. The Morgan fingerprint density at radius 2 is 2.38 bits per heavy atom. The number of rotatable bonds is 5. The summed E-state index contributed by atoms with van der Waals surface area (Å²) >= 11 is 7.29. The quantitative estimate of drug-likeness (QED) is 0.481. The largest absolute Gasteiger partial charge is 0.391 e. The van der Waals surface area contributed by atoms with Gasteiger partial charge in [0, 0.05) is 12.6 Å². The van der Waals surface area contributed by atoms with Gasteiger partial charge in [-0.15, -0.1) is 0 Å². The Bertz CT molecular complexity index is 373. The fraction of sp³-hybridized carbons (Fsp3) is 0.600. The molecule has 1 aliphatic carbocycles. The number of hydrogen-bond donors (Lipinski definition) is 2. The molecule has 1 aromatic heterocycles. The van der Waals surface area contributed by atoms with Gasteiger partial charge in [0.15, 0.2) is 5.16 Å². The average molecular weight is 260 g/mol. The lowest BCUT2D eigenvalue weighted by atomic mass is 10.2. The number of halogens is 1. The third-order valence-corrected chi connectivity index (χ3v) is 3.26. The van der Waals surface area contributed by atoms with Crippen molar-refractivity contribution in [2.45, 2.75) is 24.1 Å². The highest BCUT2D eigenvalue weighted by molar-refractivity contribution is 7.98. The monoisotopic (exact) mass is 259 g/mol. The van der Waals surface area contributed by atoms with Crippen LogP contribution in [0.5, 0.6) is 0 Å². The van der Waals surface area contributed by atoms with Gasteiger partial charge >= 0.3 is 0 Å². The maximum absolute atomic E-state index is 9.70. The third-order valence-electron chi connectivity index (χ3n) is 2.52. The fourth-order valence-electron chi connectivity index (χ4n) is 1.44.